The topological polar surface area (TPSA) is 83.2 Å². The van der Waals surface area contributed by atoms with Crippen molar-refractivity contribution in [2.24, 2.45) is 11.8 Å². The lowest BCUT2D eigenvalue weighted by atomic mass is 9.83. The Morgan fingerprint density at radius 1 is 1.24 bits per heavy atom. The van der Waals surface area contributed by atoms with Crippen LogP contribution in [-0.2, 0) is 0 Å². The van der Waals surface area contributed by atoms with E-state index in [0.29, 0.717) is 23.4 Å². The van der Waals surface area contributed by atoms with Crippen molar-refractivity contribution < 1.29 is 19.0 Å². The maximum absolute atomic E-state index is 13.1. The highest BCUT2D eigenvalue weighted by atomic mass is 19.3. The molecule has 3 heterocycles. The average Bonchev–Trinajstić information content (AvgIpc) is 3.17. The zero-order valence-corrected chi connectivity index (χ0v) is 13.7. The molecule has 0 amide bonds. The van der Waals surface area contributed by atoms with E-state index < -0.39 is 18.6 Å². The van der Waals surface area contributed by atoms with Gasteiger partial charge in [-0.25, -0.2) is 18.7 Å². The first kappa shape index (κ1) is 16.8. The van der Waals surface area contributed by atoms with E-state index in [1.165, 1.54) is 0 Å². The lowest BCUT2D eigenvalue weighted by Crippen LogP contribution is -2.39. The monoisotopic (exact) mass is 352 g/mol. The van der Waals surface area contributed by atoms with Crippen LogP contribution in [0.1, 0.15) is 37.4 Å². The number of aliphatic hydroxyl groups is 2. The Morgan fingerprint density at radius 3 is 2.80 bits per heavy atom. The quantitative estimate of drug-likeness (QED) is 0.782. The van der Waals surface area contributed by atoms with Gasteiger partial charge in [-0.3, -0.25) is 0 Å². The number of rotatable bonds is 3. The summed E-state index contributed by atoms with van der Waals surface area (Å²) in [7, 11) is 0. The van der Waals surface area contributed by atoms with Crippen LogP contribution in [0, 0.1) is 11.8 Å². The van der Waals surface area contributed by atoms with E-state index in [2.05, 4.69) is 15.3 Å². The Hall–Kier alpha value is -1.64. The van der Waals surface area contributed by atoms with Crippen LogP contribution in [0.5, 0.6) is 0 Å². The molecule has 2 fully saturated rings. The molecule has 6 nitrogen and oxygen atoms in total. The predicted octanol–water partition coefficient (Wildman–Crippen LogP) is 1.65. The molecule has 0 aromatic carbocycles. The smallest absolute Gasteiger partial charge is 0.281 e. The Morgan fingerprint density at radius 2 is 2.08 bits per heavy atom. The van der Waals surface area contributed by atoms with Gasteiger partial charge in [-0.15, -0.1) is 0 Å². The second-order valence-corrected chi connectivity index (χ2v) is 7.07. The highest BCUT2D eigenvalue weighted by Crippen LogP contribution is 2.42. The maximum atomic E-state index is 13.1. The van der Waals surface area contributed by atoms with E-state index >= 15 is 0 Å². The average molecular weight is 352 g/mol. The van der Waals surface area contributed by atoms with Gasteiger partial charge in [-0.1, -0.05) is 0 Å². The molecule has 2 aromatic rings. The molecule has 136 valence electrons. The number of hydrogen-bond donors (Lipinski definition) is 3. The van der Waals surface area contributed by atoms with E-state index in [-0.39, 0.29) is 17.7 Å². The summed E-state index contributed by atoms with van der Waals surface area (Å²) in [6, 6.07) is 1.19. The van der Waals surface area contributed by atoms with Crippen molar-refractivity contribution >= 4 is 11.0 Å². The Bertz CT molecular complexity index is 747. The van der Waals surface area contributed by atoms with Gasteiger partial charge in [0.05, 0.1) is 12.1 Å². The van der Waals surface area contributed by atoms with E-state index in [4.69, 9.17) is 0 Å². The number of nitrogens with zero attached hydrogens (tertiary/aromatic N) is 3. The molecule has 1 aliphatic heterocycles. The molecular formula is C17H22F2N4O2. The first-order chi connectivity index (χ1) is 12.1. The zero-order valence-electron chi connectivity index (χ0n) is 13.7. The molecular weight excluding hydrogens is 330 g/mol. The molecule has 1 saturated heterocycles. The van der Waals surface area contributed by atoms with Gasteiger partial charge in [0, 0.05) is 11.6 Å². The Balaban J connectivity index is 1.65. The summed E-state index contributed by atoms with van der Waals surface area (Å²) in [6.07, 6.45) is 1.04. The Kier molecular flexibility index (Phi) is 4.43. The summed E-state index contributed by atoms with van der Waals surface area (Å²) >= 11 is 0. The predicted molar refractivity (Wildman–Crippen MR) is 87.2 cm³/mol. The third-order valence-electron chi connectivity index (χ3n) is 5.74. The molecule has 1 saturated carbocycles. The maximum Gasteiger partial charge on any atom is 0.281 e. The Labute approximate surface area is 143 Å². The summed E-state index contributed by atoms with van der Waals surface area (Å²) in [5, 5.41) is 24.8. The van der Waals surface area contributed by atoms with Gasteiger partial charge < -0.3 is 20.1 Å². The number of alkyl halides is 2. The van der Waals surface area contributed by atoms with E-state index in [0.717, 1.165) is 32.3 Å². The summed E-state index contributed by atoms with van der Waals surface area (Å²) in [6.45, 7) is 1.83. The van der Waals surface area contributed by atoms with E-state index in [1.54, 1.807) is 16.8 Å². The molecule has 0 unspecified atom stereocenters. The zero-order chi connectivity index (χ0) is 17.6. The number of halogens is 2. The minimum Gasteiger partial charge on any atom is -0.390 e. The third kappa shape index (κ3) is 2.82. The van der Waals surface area contributed by atoms with Crippen molar-refractivity contribution in [3.8, 4) is 0 Å². The second kappa shape index (κ2) is 6.59. The molecule has 1 aliphatic carbocycles. The second-order valence-electron chi connectivity index (χ2n) is 7.07. The highest BCUT2D eigenvalue weighted by Gasteiger charge is 2.46. The van der Waals surface area contributed by atoms with Crippen LogP contribution in [0.3, 0.4) is 0 Å². The van der Waals surface area contributed by atoms with Gasteiger partial charge in [0.1, 0.15) is 23.8 Å². The number of aliphatic hydroxyl groups excluding tert-OH is 2. The molecule has 8 heteroatoms. The van der Waals surface area contributed by atoms with E-state index in [1.807, 2.05) is 0 Å². The minimum absolute atomic E-state index is 0.0124. The third-order valence-corrected chi connectivity index (χ3v) is 5.74. The summed E-state index contributed by atoms with van der Waals surface area (Å²) in [4.78, 5) is 7.81. The summed E-state index contributed by atoms with van der Waals surface area (Å²) in [5.41, 5.74) is 0.0776. The lowest BCUT2D eigenvalue weighted by molar-refractivity contribution is -0.00693. The normalized spacial score (nSPS) is 33.4. The van der Waals surface area contributed by atoms with Gasteiger partial charge in [0.2, 0.25) is 0 Å². The van der Waals surface area contributed by atoms with Crippen LogP contribution in [0.15, 0.2) is 18.6 Å². The van der Waals surface area contributed by atoms with Crippen LogP contribution in [0.2, 0.25) is 0 Å². The van der Waals surface area contributed by atoms with E-state index in [9.17, 15) is 19.0 Å². The van der Waals surface area contributed by atoms with Crippen LogP contribution in [0.4, 0.5) is 8.78 Å². The molecule has 2 aromatic heterocycles. The lowest BCUT2D eigenvalue weighted by Gasteiger charge is -2.30. The molecule has 25 heavy (non-hydrogen) atoms. The molecule has 0 radical (unpaired) electrons. The fraction of sp³-hybridized carbons (Fsp3) is 0.647. The first-order valence-corrected chi connectivity index (χ1v) is 8.74. The van der Waals surface area contributed by atoms with Crippen molar-refractivity contribution in [1.82, 2.24) is 19.9 Å². The van der Waals surface area contributed by atoms with Crippen molar-refractivity contribution in [2.75, 3.05) is 13.1 Å². The molecule has 0 spiro atoms. The number of piperidine rings is 1. The van der Waals surface area contributed by atoms with Gasteiger partial charge in [0.25, 0.3) is 6.43 Å². The minimum atomic E-state index is -2.68. The molecule has 3 N–H and O–H groups in total. The highest BCUT2D eigenvalue weighted by molar-refractivity contribution is 5.79. The van der Waals surface area contributed by atoms with Crippen molar-refractivity contribution in [3.05, 3.63) is 24.3 Å². The molecule has 2 aliphatic rings. The van der Waals surface area contributed by atoms with Crippen LogP contribution < -0.4 is 5.32 Å². The molecule has 0 bridgehead atoms. The number of hydrogen-bond acceptors (Lipinski definition) is 5. The molecule has 4 rings (SSSR count). The van der Waals surface area contributed by atoms with Crippen molar-refractivity contribution in [1.29, 1.82) is 0 Å². The number of aromatic nitrogens is 3. The summed E-state index contributed by atoms with van der Waals surface area (Å²) in [5.74, 6) is 0.304. The first-order valence-electron chi connectivity index (χ1n) is 8.74. The van der Waals surface area contributed by atoms with Crippen molar-refractivity contribution in [2.45, 2.75) is 43.9 Å². The number of fused-ring (bicyclic) bond motifs is 1. The standard InChI is InChI=1S/C17H22F2N4O2/c18-16(19)13-10-3-5-23(17(10)22-8-21-13)12-6-11(14(24)15(12)25)9-2-1-4-20-7-9/h3,5,8-9,11-12,14-16,20,24-25H,1-2,4,6-7H2/t9-,11+,12+,14+,15-/m0/s1. The fourth-order valence-corrected chi connectivity index (χ4v) is 4.46. The van der Waals surface area contributed by atoms with Gasteiger partial charge in [0.15, 0.2) is 0 Å². The molecule has 5 atom stereocenters. The van der Waals surface area contributed by atoms with Crippen LogP contribution in [0.25, 0.3) is 11.0 Å². The van der Waals surface area contributed by atoms with Crippen LogP contribution in [-0.4, -0.2) is 50.0 Å². The SMILES string of the molecule is O[C@@H]1[C@H](O)[C@@H]([C@H]2CCCNC2)C[C@H]1n1ccc2c(C(F)F)ncnc21. The fourth-order valence-electron chi connectivity index (χ4n) is 4.46. The number of nitrogens with one attached hydrogen (secondary N) is 1. The largest absolute Gasteiger partial charge is 0.390 e. The van der Waals surface area contributed by atoms with Gasteiger partial charge in [-0.2, -0.15) is 0 Å². The van der Waals surface area contributed by atoms with Gasteiger partial charge >= 0.3 is 0 Å². The van der Waals surface area contributed by atoms with Crippen molar-refractivity contribution in [3.63, 3.8) is 0 Å². The van der Waals surface area contributed by atoms with Crippen LogP contribution >= 0.6 is 0 Å². The summed E-state index contributed by atoms with van der Waals surface area (Å²) < 4.78 is 28.0. The van der Waals surface area contributed by atoms with Gasteiger partial charge in [-0.05, 0) is 50.3 Å².